The lowest BCUT2D eigenvalue weighted by Crippen LogP contribution is -2.55. The number of guanidine groups is 1. The van der Waals surface area contributed by atoms with Crippen LogP contribution in [0.1, 0.15) is 13.3 Å². The first-order valence-corrected chi connectivity index (χ1v) is 8.56. The van der Waals surface area contributed by atoms with Gasteiger partial charge in [-0.05, 0) is 27.4 Å². The van der Waals surface area contributed by atoms with Gasteiger partial charge in [0.25, 0.3) is 0 Å². The summed E-state index contributed by atoms with van der Waals surface area (Å²) in [7, 11) is 6.30. The number of hydrogen-bond acceptors (Lipinski definition) is 4. The second-order valence-electron chi connectivity index (χ2n) is 6.58. The fraction of sp³-hybridized carbons (Fsp3) is 0.938. The summed E-state index contributed by atoms with van der Waals surface area (Å²) < 4.78 is 5.56. The van der Waals surface area contributed by atoms with Gasteiger partial charge in [-0.15, -0.1) is 0 Å². The van der Waals surface area contributed by atoms with Crippen LogP contribution in [0.15, 0.2) is 4.99 Å². The molecule has 0 aromatic heterocycles. The highest BCUT2D eigenvalue weighted by Gasteiger charge is 2.26. The Labute approximate surface area is 135 Å². The van der Waals surface area contributed by atoms with Crippen LogP contribution in [0.2, 0.25) is 0 Å². The summed E-state index contributed by atoms with van der Waals surface area (Å²) in [5.74, 6) is 1.68. The number of nitrogens with zero attached hydrogens (tertiary/aromatic N) is 4. The first-order valence-electron chi connectivity index (χ1n) is 8.56. The minimum Gasteiger partial charge on any atom is -0.381 e. The van der Waals surface area contributed by atoms with Crippen LogP contribution in [0, 0.1) is 5.92 Å². The maximum atomic E-state index is 5.56. The summed E-state index contributed by atoms with van der Waals surface area (Å²) in [5.41, 5.74) is 0. The molecule has 22 heavy (non-hydrogen) atoms. The quantitative estimate of drug-likeness (QED) is 0.579. The third-order valence-electron chi connectivity index (χ3n) is 4.83. The van der Waals surface area contributed by atoms with Crippen molar-refractivity contribution < 1.29 is 4.74 Å². The van der Waals surface area contributed by atoms with E-state index in [-0.39, 0.29) is 0 Å². The van der Waals surface area contributed by atoms with Gasteiger partial charge in [0.15, 0.2) is 5.96 Å². The molecule has 0 aromatic rings. The van der Waals surface area contributed by atoms with Gasteiger partial charge < -0.3 is 19.9 Å². The summed E-state index contributed by atoms with van der Waals surface area (Å²) in [6.45, 7) is 10.3. The standard InChI is InChI=1S/C16H33N5O/c1-5-22-13-14-6-7-21(11-14)16(17-2)18-10-15-12-19(3)8-9-20(15)4/h14-15H,5-13H2,1-4H3,(H,17,18). The predicted octanol–water partition coefficient (Wildman–Crippen LogP) is 0.166. The summed E-state index contributed by atoms with van der Waals surface area (Å²) in [5, 5.41) is 3.58. The molecule has 0 amide bonds. The van der Waals surface area contributed by atoms with Crippen molar-refractivity contribution in [3.8, 4) is 0 Å². The lowest BCUT2D eigenvalue weighted by Gasteiger charge is -2.38. The molecule has 0 bridgehead atoms. The Balaban J connectivity index is 1.78. The van der Waals surface area contributed by atoms with E-state index < -0.39 is 0 Å². The van der Waals surface area contributed by atoms with Gasteiger partial charge in [0.1, 0.15) is 0 Å². The minimum absolute atomic E-state index is 0.553. The van der Waals surface area contributed by atoms with E-state index in [2.05, 4.69) is 46.0 Å². The Morgan fingerprint density at radius 1 is 1.23 bits per heavy atom. The summed E-state index contributed by atoms with van der Waals surface area (Å²) in [6, 6.07) is 0.553. The smallest absolute Gasteiger partial charge is 0.193 e. The van der Waals surface area contributed by atoms with Crippen molar-refractivity contribution in [3.05, 3.63) is 0 Å². The highest BCUT2D eigenvalue weighted by molar-refractivity contribution is 5.80. The van der Waals surface area contributed by atoms with Crippen molar-refractivity contribution in [2.75, 3.05) is 73.6 Å². The van der Waals surface area contributed by atoms with Gasteiger partial charge in [-0.3, -0.25) is 9.89 Å². The van der Waals surface area contributed by atoms with Crippen LogP contribution in [0.5, 0.6) is 0 Å². The Morgan fingerprint density at radius 3 is 2.77 bits per heavy atom. The van der Waals surface area contributed by atoms with E-state index in [9.17, 15) is 0 Å². The predicted molar refractivity (Wildman–Crippen MR) is 91.4 cm³/mol. The molecule has 0 saturated carbocycles. The molecule has 2 atom stereocenters. The zero-order valence-corrected chi connectivity index (χ0v) is 14.7. The molecule has 2 fully saturated rings. The van der Waals surface area contributed by atoms with Crippen molar-refractivity contribution >= 4 is 5.96 Å². The third-order valence-corrected chi connectivity index (χ3v) is 4.83. The van der Waals surface area contributed by atoms with Crippen LogP contribution in [0.4, 0.5) is 0 Å². The first kappa shape index (κ1) is 17.5. The molecule has 2 heterocycles. The van der Waals surface area contributed by atoms with Gasteiger partial charge in [0.2, 0.25) is 0 Å². The van der Waals surface area contributed by atoms with E-state index in [4.69, 9.17) is 4.74 Å². The maximum Gasteiger partial charge on any atom is 0.193 e. The van der Waals surface area contributed by atoms with Crippen molar-refractivity contribution in [1.82, 2.24) is 20.0 Å². The lowest BCUT2D eigenvalue weighted by atomic mass is 10.1. The van der Waals surface area contributed by atoms with Crippen LogP contribution < -0.4 is 5.32 Å². The second-order valence-corrected chi connectivity index (χ2v) is 6.58. The van der Waals surface area contributed by atoms with Crippen molar-refractivity contribution in [2.24, 2.45) is 10.9 Å². The summed E-state index contributed by atoms with van der Waals surface area (Å²) in [6.07, 6.45) is 1.20. The van der Waals surface area contributed by atoms with Gasteiger partial charge >= 0.3 is 0 Å². The van der Waals surface area contributed by atoms with Crippen LogP contribution in [-0.4, -0.2) is 100 Å². The lowest BCUT2D eigenvalue weighted by molar-refractivity contribution is 0.113. The molecule has 6 nitrogen and oxygen atoms in total. The van der Waals surface area contributed by atoms with Gasteiger partial charge in [-0.2, -0.15) is 0 Å². The van der Waals surface area contributed by atoms with E-state index in [0.717, 1.165) is 58.4 Å². The molecular weight excluding hydrogens is 278 g/mol. The highest BCUT2D eigenvalue weighted by atomic mass is 16.5. The van der Waals surface area contributed by atoms with E-state index >= 15 is 0 Å². The number of aliphatic imine (C=N–C) groups is 1. The maximum absolute atomic E-state index is 5.56. The van der Waals surface area contributed by atoms with E-state index in [1.165, 1.54) is 6.42 Å². The van der Waals surface area contributed by atoms with Crippen molar-refractivity contribution in [1.29, 1.82) is 0 Å². The Bertz CT molecular complexity index is 362. The molecule has 2 unspecified atom stereocenters. The van der Waals surface area contributed by atoms with Gasteiger partial charge in [0.05, 0.1) is 6.61 Å². The van der Waals surface area contributed by atoms with Crippen LogP contribution in [-0.2, 0) is 4.74 Å². The van der Waals surface area contributed by atoms with E-state index in [1.54, 1.807) is 0 Å². The number of likely N-dealkylation sites (tertiary alicyclic amines) is 1. The van der Waals surface area contributed by atoms with Crippen LogP contribution in [0.3, 0.4) is 0 Å². The van der Waals surface area contributed by atoms with E-state index in [1.807, 2.05) is 7.05 Å². The van der Waals surface area contributed by atoms with E-state index in [0.29, 0.717) is 12.0 Å². The monoisotopic (exact) mass is 311 g/mol. The molecule has 0 aliphatic carbocycles. The first-order chi connectivity index (χ1) is 10.6. The zero-order valence-electron chi connectivity index (χ0n) is 14.7. The zero-order chi connectivity index (χ0) is 15.9. The fourth-order valence-electron chi connectivity index (χ4n) is 3.31. The van der Waals surface area contributed by atoms with Gasteiger partial charge in [-0.25, -0.2) is 0 Å². The number of likely N-dealkylation sites (N-methyl/N-ethyl adjacent to an activating group) is 2. The Kier molecular flexibility index (Phi) is 6.92. The molecule has 128 valence electrons. The number of hydrogen-bond donors (Lipinski definition) is 1. The molecule has 0 radical (unpaired) electrons. The minimum atomic E-state index is 0.553. The topological polar surface area (TPSA) is 43.3 Å². The molecule has 6 heteroatoms. The fourth-order valence-corrected chi connectivity index (χ4v) is 3.31. The molecule has 2 aliphatic heterocycles. The molecule has 2 saturated heterocycles. The number of ether oxygens (including phenoxy) is 1. The number of rotatable bonds is 5. The average molecular weight is 311 g/mol. The normalized spacial score (nSPS) is 28.4. The molecule has 0 aromatic carbocycles. The van der Waals surface area contributed by atoms with Crippen LogP contribution in [0.25, 0.3) is 0 Å². The molecule has 2 aliphatic rings. The Morgan fingerprint density at radius 2 is 2.05 bits per heavy atom. The molecule has 0 spiro atoms. The molecule has 1 N–H and O–H groups in total. The van der Waals surface area contributed by atoms with Crippen LogP contribution >= 0.6 is 0 Å². The molecule has 2 rings (SSSR count). The number of piperazine rings is 1. The second kappa shape index (κ2) is 8.70. The average Bonchev–Trinajstić information content (AvgIpc) is 2.98. The molecular formula is C16H33N5O. The summed E-state index contributed by atoms with van der Waals surface area (Å²) in [4.78, 5) is 11.7. The number of nitrogens with one attached hydrogen (secondary N) is 1. The third kappa shape index (κ3) is 4.83. The largest absolute Gasteiger partial charge is 0.381 e. The summed E-state index contributed by atoms with van der Waals surface area (Å²) >= 11 is 0. The van der Waals surface area contributed by atoms with Gasteiger partial charge in [0, 0.05) is 64.9 Å². The Hall–Kier alpha value is -0.850. The SMILES string of the molecule is CCOCC1CCN(C(=NC)NCC2CN(C)CCN2C)C1. The highest BCUT2D eigenvalue weighted by Crippen LogP contribution is 2.16. The van der Waals surface area contributed by atoms with Gasteiger partial charge in [-0.1, -0.05) is 0 Å². The van der Waals surface area contributed by atoms with Crippen molar-refractivity contribution in [3.63, 3.8) is 0 Å². The van der Waals surface area contributed by atoms with Crippen molar-refractivity contribution in [2.45, 2.75) is 19.4 Å².